The predicted octanol–water partition coefficient (Wildman–Crippen LogP) is 1.66. The van der Waals surface area contributed by atoms with E-state index in [0.717, 1.165) is 25.9 Å². The average Bonchev–Trinajstić information content (AvgIpc) is 2.64. The van der Waals surface area contributed by atoms with Gasteiger partial charge in [-0.1, -0.05) is 19.1 Å². The number of nitrogens with zero attached hydrogens (tertiary/aromatic N) is 2. The van der Waals surface area contributed by atoms with Crippen LogP contribution in [0.4, 0.5) is 0 Å². The number of aromatic nitrogens is 2. The number of aromatic amines is 1. The number of aryl methyl sites for hydroxylation is 1. The maximum Gasteiger partial charge on any atom is 0.306 e. The van der Waals surface area contributed by atoms with E-state index in [9.17, 15) is 14.4 Å². The molecule has 0 saturated carbocycles. The molecule has 138 valence electrons. The molecule has 26 heavy (non-hydrogen) atoms. The normalized spacial score (nSPS) is 17.3. The zero-order valence-corrected chi connectivity index (χ0v) is 14.9. The summed E-state index contributed by atoms with van der Waals surface area (Å²) in [7, 11) is 0. The first-order chi connectivity index (χ1) is 12.5. The summed E-state index contributed by atoms with van der Waals surface area (Å²) < 4.78 is 5.08. The molecule has 1 saturated heterocycles. The van der Waals surface area contributed by atoms with E-state index >= 15 is 0 Å². The van der Waals surface area contributed by atoms with Crippen LogP contribution >= 0.6 is 0 Å². The standard InChI is InChI=1S/C19H23N3O4/c1-13-5-4-10-22(11-13)17(23)12-26-18(24)9-8-16-20-15-7-3-2-6-14(15)19(25)21-16/h2-3,6-7,13H,4-5,8-12H2,1H3,(H,20,21,25)/t13-/m0/s1. The van der Waals surface area contributed by atoms with Gasteiger partial charge in [-0.2, -0.15) is 0 Å². The number of rotatable bonds is 5. The number of carbonyl (C=O) groups is 2. The minimum Gasteiger partial charge on any atom is -0.456 e. The summed E-state index contributed by atoms with van der Waals surface area (Å²) in [5.41, 5.74) is 0.363. The molecule has 2 aromatic rings. The lowest BCUT2D eigenvalue weighted by Crippen LogP contribution is -2.41. The fourth-order valence-corrected chi connectivity index (χ4v) is 3.20. The van der Waals surface area contributed by atoms with Crippen molar-refractivity contribution in [1.29, 1.82) is 0 Å². The SMILES string of the molecule is C[C@H]1CCCN(C(=O)COC(=O)CCc2nc3ccccc3c(=O)[nH]2)C1. The molecule has 1 atom stereocenters. The molecule has 0 unspecified atom stereocenters. The van der Waals surface area contributed by atoms with Crippen LogP contribution in [0.15, 0.2) is 29.1 Å². The Balaban J connectivity index is 1.50. The molecule has 1 N–H and O–H groups in total. The molecule has 1 aliphatic rings. The van der Waals surface area contributed by atoms with Crippen molar-refractivity contribution in [3.05, 3.63) is 40.4 Å². The zero-order chi connectivity index (χ0) is 18.5. The Kier molecular flexibility index (Phi) is 5.65. The molecule has 7 heteroatoms. The summed E-state index contributed by atoms with van der Waals surface area (Å²) in [5, 5.41) is 0.514. The van der Waals surface area contributed by atoms with Crippen LogP contribution in [-0.4, -0.2) is 46.4 Å². The number of nitrogens with one attached hydrogen (secondary N) is 1. The van der Waals surface area contributed by atoms with Crippen LogP contribution in [0.2, 0.25) is 0 Å². The van der Waals surface area contributed by atoms with Crippen molar-refractivity contribution in [3.63, 3.8) is 0 Å². The number of benzene rings is 1. The second-order valence-corrected chi connectivity index (χ2v) is 6.78. The molecule has 0 spiro atoms. The van der Waals surface area contributed by atoms with Gasteiger partial charge >= 0.3 is 5.97 Å². The summed E-state index contributed by atoms with van der Waals surface area (Å²) in [4.78, 5) is 44.8. The van der Waals surface area contributed by atoms with Gasteiger partial charge < -0.3 is 14.6 Å². The monoisotopic (exact) mass is 357 g/mol. The number of H-pyrrole nitrogens is 1. The van der Waals surface area contributed by atoms with E-state index in [-0.39, 0.29) is 30.9 Å². The zero-order valence-electron chi connectivity index (χ0n) is 14.9. The maximum absolute atomic E-state index is 12.1. The third-order valence-electron chi connectivity index (χ3n) is 4.59. The molecular formula is C19H23N3O4. The Bertz CT molecular complexity index is 861. The topological polar surface area (TPSA) is 92.4 Å². The van der Waals surface area contributed by atoms with Crippen molar-refractivity contribution in [3.8, 4) is 0 Å². The van der Waals surface area contributed by atoms with Gasteiger partial charge in [0.25, 0.3) is 11.5 Å². The van der Waals surface area contributed by atoms with Gasteiger partial charge in [0, 0.05) is 19.5 Å². The predicted molar refractivity (Wildman–Crippen MR) is 96.6 cm³/mol. The Morgan fingerprint density at radius 3 is 2.96 bits per heavy atom. The first kappa shape index (κ1) is 18.1. The number of piperidine rings is 1. The Labute approximate surface area is 151 Å². The quantitative estimate of drug-likeness (QED) is 0.822. The van der Waals surface area contributed by atoms with Crippen LogP contribution in [0, 0.1) is 5.92 Å². The average molecular weight is 357 g/mol. The van der Waals surface area contributed by atoms with Crippen LogP contribution in [0.3, 0.4) is 0 Å². The molecule has 0 aliphatic carbocycles. The van der Waals surface area contributed by atoms with Gasteiger partial charge in [-0.15, -0.1) is 0 Å². The van der Waals surface area contributed by atoms with Gasteiger partial charge in [-0.3, -0.25) is 14.4 Å². The van der Waals surface area contributed by atoms with Crippen LogP contribution in [-0.2, 0) is 20.7 Å². The van der Waals surface area contributed by atoms with Crippen molar-refractivity contribution in [1.82, 2.24) is 14.9 Å². The van der Waals surface area contributed by atoms with Crippen molar-refractivity contribution >= 4 is 22.8 Å². The minimum atomic E-state index is -0.473. The van der Waals surface area contributed by atoms with Crippen molar-refractivity contribution < 1.29 is 14.3 Å². The lowest BCUT2D eigenvalue weighted by molar-refractivity contribution is -0.152. The number of hydrogen-bond acceptors (Lipinski definition) is 5. The fourth-order valence-electron chi connectivity index (χ4n) is 3.20. The van der Waals surface area contributed by atoms with Crippen molar-refractivity contribution in [2.45, 2.75) is 32.6 Å². The number of carbonyl (C=O) groups excluding carboxylic acids is 2. The second-order valence-electron chi connectivity index (χ2n) is 6.78. The van der Waals surface area contributed by atoms with E-state index in [1.54, 1.807) is 29.2 Å². The molecule has 7 nitrogen and oxygen atoms in total. The van der Waals surface area contributed by atoms with Gasteiger partial charge in [0.05, 0.1) is 17.3 Å². The summed E-state index contributed by atoms with van der Waals surface area (Å²) >= 11 is 0. The molecule has 2 heterocycles. The number of esters is 1. The molecule has 3 rings (SSSR count). The van der Waals surface area contributed by atoms with Gasteiger partial charge in [-0.05, 0) is 30.9 Å². The molecule has 1 amide bonds. The van der Waals surface area contributed by atoms with Crippen molar-refractivity contribution in [2.24, 2.45) is 5.92 Å². The smallest absolute Gasteiger partial charge is 0.306 e. The number of ether oxygens (including phenoxy) is 1. The lowest BCUT2D eigenvalue weighted by atomic mass is 10.0. The molecule has 1 fully saturated rings. The van der Waals surface area contributed by atoms with Crippen molar-refractivity contribution in [2.75, 3.05) is 19.7 Å². The minimum absolute atomic E-state index is 0.0605. The molecule has 1 aromatic carbocycles. The molecular weight excluding hydrogens is 334 g/mol. The Morgan fingerprint density at radius 1 is 1.35 bits per heavy atom. The van der Waals surface area contributed by atoms with Crippen LogP contribution in [0.5, 0.6) is 0 Å². The van der Waals surface area contributed by atoms with Crippen LogP contribution in [0.25, 0.3) is 10.9 Å². The van der Waals surface area contributed by atoms with Gasteiger partial charge in [0.1, 0.15) is 5.82 Å². The number of amides is 1. The molecule has 0 bridgehead atoms. The number of likely N-dealkylation sites (tertiary alicyclic amines) is 1. The van der Waals surface area contributed by atoms with E-state index in [1.807, 2.05) is 0 Å². The molecule has 0 radical (unpaired) electrons. The van der Waals surface area contributed by atoms with E-state index < -0.39 is 5.97 Å². The summed E-state index contributed by atoms with van der Waals surface area (Å²) in [6, 6.07) is 7.03. The first-order valence-electron chi connectivity index (χ1n) is 8.94. The molecule has 1 aliphatic heterocycles. The Hall–Kier alpha value is -2.70. The molecule has 1 aromatic heterocycles. The first-order valence-corrected chi connectivity index (χ1v) is 8.94. The summed E-state index contributed by atoms with van der Waals surface area (Å²) in [6.07, 6.45) is 2.43. The maximum atomic E-state index is 12.1. The lowest BCUT2D eigenvalue weighted by Gasteiger charge is -2.30. The van der Waals surface area contributed by atoms with E-state index in [2.05, 4.69) is 16.9 Å². The van der Waals surface area contributed by atoms with E-state index in [1.165, 1.54) is 0 Å². The van der Waals surface area contributed by atoms with Gasteiger partial charge in [0.15, 0.2) is 6.61 Å². The number of para-hydroxylation sites is 1. The number of fused-ring (bicyclic) bond motifs is 1. The van der Waals surface area contributed by atoms with Crippen LogP contribution in [0.1, 0.15) is 32.0 Å². The highest BCUT2D eigenvalue weighted by Gasteiger charge is 2.21. The third-order valence-corrected chi connectivity index (χ3v) is 4.59. The summed E-state index contributed by atoms with van der Waals surface area (Å²) in [5.74, 6) is 0.294. The number of hydrogen-bond donors (Lipinski definition) is 1. The highest BCUT2D eigenvalue weighted by Crippen LogP contribution is 2.15. The Morgan fingerprint density at radius 2 is 2.15 bits per heavy atom. The van der Waals surface area contributed by atoms with E-state index in [4.69, 9.17) is 4.74 Å². The van der Waals surface area contributed by atoms with Gasteiger partial charge in [0.2, 0.25) is 0 Å². The second kappa shape index (κ2) is 8.12. The largest absolute Gasteiger partial charge is 0.456 e. The van der Waals surface area contributed by atoms with Gasteiger partial charge in [-0.25, -0.2) is 4.98 Å². The summed E-state index contributed by atoms with van der Waals surface area (Å²) in [6.45, 7) is 3.33. The fraction of sp³-hybridized carbons (Fsp3) is 0.474. The highest BCUT2D eigenvalue weighted by atomic mass is 16.5. The highest BCUT2D eigenvalue weighted by molar-refractivity contribution is 5.81. The third kappa shape index (κ3) is 4.47. The van der Waals surface area contributed by atoms with Crippen LogP contribution < -0.4 is 5.56 Å². The van der Waals surface area contributed by atoms with E-state index in [0.29, 0.717) is 22.6 Å².